The predicted molar refractivity (Wildman–Crippen MR) is 100.0 cm³/mol. The zero-order chi connectivity index (χ0) is 18.6. The number of pyridine rings is 2. The molecule has 1 aliphatic heterocycles. The molecule has 0 bridgehead atoms. The summed E-state index contributed by atoms with van der Waals surface area (Å²) >= 11 is 0. The average molecular weight is 361 g/mol. The first-order chi connectivity index (χ1) is 13.2. The molecule has 0 aromatic carbocycles. The first-order valence-electron chi connectivity index (χ1n) is 8.94. The summed E-state index contributed by atoms with van der Waals surface area (Å²) in [5.74, 6) is 0.0992. The molecule has 1 fully saturated rings. The summed E-state index contributed by atoms with van der Waals surface area (Å²) in [6, 6.07) is 7.33. The highest BCUT2D eigenvalue weighted by Gasteiger charge is 2.30. The maximum atomic E-state index is 13.1. The number of hydrogen-bond acceptors (Lipinski definition) is 5. The van der Waals surface area contributed by atoms with Crippen LogP contribution in [0, 0.1) is 0 Å². The van der Waals surface area contributed by atoms with E-state index in [0.29, 0.717) is 17.9 Å². The van der Waals surface area contributed by atoms with Gasteiger partial charge in [0.25, 0.3) is 11.5 Å². The third-order valence-corrected chi connectivity index (χ3v) is 4.80. The molecule has 0 aliphatic carbocycles. The number of nitrogens with one attached hydrogen (secondary N) is 1. The van der Waals surface area contributed by atoms with Crippen LogP contribution in [0.25, 0.3) is 11.4 Å². The Kier molecular flexibility index (Phi) is 4.74. The van der Waals surface area contributed by atoms with E-state index in [9.17, 15) is 9.59 Å². The number of aromatic nitrogens is 4. The van der Waals surface area contributed by atoms with Crippen molar-refractivity contribution < 1.29 is 4.79 Å². The fraction of sp³-hybridized carbons (Fsp3) is 0.250. The Morgan fingerprint density at radius 1 is 1.07 bits per heavy atom. The Bertz CT molecular complexity index is 988. The van der Waals surface area contributed by atoms with Crippen LogP contribution < -0.4 is 5.56 Å². The van der Waals surface area contributed by atoms with Gasteiger partial charge in [-0.1, -0.05) is 6.07 Å². The van der Waals surface area contributed by atoms with Gasteiger partial charge in [-0.3, -0.25) is 19.6 Å². The normalized spacial score (nSPS) is 16.9. The van der Waals surface area contributed by atoms with Gasteiger partial charge in [-0.25, -0.2) is 4.98 Å². The van der Waals surface area contributed by atoms with Crippen LogP contribution in [-0.4, -0.2) is 37.3 Å². The van der Waals surface area contributed by atoms with E-state index in [2.05, 4.69) is 19.9 Å². The van der Waals surface area contributed by atoms with E-state index < -0.39 is 5.56 Å². The van der Waals surface area contributed by atoms with Crippen LogP contribution in [0.15, 0.2) is 60.0 Å². The molecule has 1 aliphatic rings. The van der Waals surface area contributed by atoms with Gasteiger partial charge in [0.05, 0.1) is 6.04 Å². The van der Waals surface area contributed by atoms with Crippen LogP contribution in [0.3, 0.4) is 0 Å². The molecule has 0 spiro atoms. The minimum Gasteiger partial charge on any atom is -0.331 e. The van der Waals surface area contributed by atoms with Crippen molar-refractivity contribution in [3.63, 3.8) is 0 Å². The molecule has 1 saturated heterocycles. The molecule has 4 heterocycles. The summed E-state index contributed by atoms with van der Waals surface area (Å²) in [6.45, 7) is 0.613. The lowest BCUT2D eigenvalue weighted by atomic mass is 9.96. The smallest absolute Gasteiger partial charge is 0.264 e. The number of likely N-dealkylation sites (tertiary alicyclic amines) is 1. The van der Waals surface area contributed by atoms with Gasteiger partial charge in [-0.2, -0.15) is 0 Å². The Morgan fingerprint density at radius 3 is 2.59 bits per heavy atom. The van der Waals surface area contributed by atoms with E-state index in [-0.39, 0.29) is 17.5 Å². The van der Waals surface area contributed by atoms with Crippen LogP contribution in [0.2, 0.25) is 0 Å². The van der Waals surface area contributed by atoms with Crippen molar-refractivity contribution in [2.45, 2.75) is 25.3 Å². The van der Waals surface area contributed by atoms with Crippen LogP contribution in [0.5, 0.6) is 0 Å². The number of hydrogen-bond donors (Lipinski definition) is 1. The fourth-order valence-electron chi connectivity index (χ4n) is 3.45. The number of carbonyl (C=O) groups is 1. The molecule has 1 N–H and O–H groups in total. The van der Waals surface area contributed by atoms with Crippen LogP contribution in [0.4, 0.5) is 0 Å². The number of piperidine rings is 1. The number of nitrogens with zero attached hydrogens (tertiary/aromatic N) is 4. The van der Waals surface area contributed by atoms with Crippen molar-refractivity contribution in [3.8, 4) is 11.4 Å². The standard InChI is InChI=1S/C20H19N5O2/c26-19-16(13-23-18(24-19)15-6-4-9-22-12-15)20(27)25-10-2-1-7-17(25)14-5-3-8-21-11-14/h3-6,8-9,11-13,17H,1-2,7,10H2,(H,23,24,26). The molecular weight excluding hydrogens is 342 g/mol. The molecule has 0 saturated carbocycles. The number of aromatic amines is 1. The second-order valence-electron chi connectivity index (χ2n) is 6.51. The third kappa shape index (κ3) is 3.48. The summed E-state index contributed by atoms with van der Waals surface area (Å²) in [5.41, 5.74) is 1.30. The molecule has 4 rings (SSSR count). The first-order valence-corrected chi connectivity index (χ1v) is 8.94. The average Bonchev–Trinajstić information content (AvgIpc) is 2.74. The Balaban J connectivity index is 1.64. The maximum absolute atomic E-state index is 13.1. The van der Waals surface area contributed by atoms with E-state index in [0.717, 1.165) is 24.8 Å². The molecule has 1 unspecified atom stereocenters. The molecule has 0 radical (unpaired) electrons. The van der Waals surface area contributed by atoms with Crippen LogP contribution in [0.1, 0.15) is 41.2 Å². The Labute approximate surface area is 156 Å². The van der Waals surface area contributed by atoms with Crippen molar-refractivity contribution >= 4 is 5.91 Å². The Morgan fingerprint density at radius 2 is 1.89 bits per heavy atom. The van der Waals surface area contributed by atoms with Crippen LogP contribution in [-0.2, 0) is 0 Å². The predicted octanol–water partition coefficient (Wildman–Crippen LogP) is 2.59. The van der Waals surface area contributed by atoms with Gasteiger partial charge in [0.1, 0.15) is 11.4 Å². The molecular formula is C20H19N5O2. The highest BCUT2D eigenvalue weighted by Crippen LogP contribution is 2.31. The number of carbonyl (C=O) groups excluding carboxylic acids is 1. The molecule has 3 aromatic rings. The van der Waals surface area contributed by atoms with E-state index in [1.54, 1.807) is 41.8 Å². The summed E-state index contributed by atoms with van der Waals surface area (Å²) in [4.78, 5) is 42.6. The quantitative estimate of drug-likeness (QED) is 0.774. The van der Waals surface area contributed by atoms with Gasteiger partial charge in [-0.15, -0.1) is 0 Å². The van der Waals surface area contributed by atoms with E-state index in [1.165, 1.54) is 6.20 Å². The van der Waals surface area contributed by atoms with Gasteiger partial charge in [0, 0.05) is 43.1 Å². The molecule has 27 heavy (non-hydrogen) atoms. The summed E-state index contributed by atoms with van der Waals surface area (Å²) in [5, 5.41) is 0. The number of amides is 1. The van der Waals surface area contributed by atoms with Crippen molar-refractivity contribution in [2.75, 3.05) is 6.54 Å². The highest BCUT2D eigenvalue weighted by atomic mass is 16.2. The van der Waals surface area contributed by atoms with Gasteiger partial charge in [0.2, 0.25) is 0 Å². The van der Waals surface area contributed by atoms with E-state index in [4.69, 9.17) is 0 Å². The SMILES string of the molecule is O=C(c1cnc(-c2cccnc2)[nH]c1=O)N1CCCCC1c1cccnc1. The van der Waals surface area contributed by atoms with E-state index >= 15 is 0 Å². The molecule has 1 atom stereocenters. The maximum Gasteiger partial charge on any atom is 0.264 e. The number of rotatable bonds is 3. The minimum absolute atomic E-state index is 0.0541. The molecule has 136 valence electrons. The van der Waals surface area contributed by atoms with Gasteiger partial charge < -0.3 is 9.88 Å². The largest absolute Gasteiger partial charge is 0.331 e. The zero-order valence-electron chi connectivity index (χ0n) is 14.7. The third-order valence-electron chi connectivity index (χ3n) is 4.80. The summed E-state index contributed by atoms with van der Waals surface area (Å²) in [6.07, 6.45) is 10.9. The van der Waals surface area contributed by atoms with Crippen molar-refractivity contribution in [1.82, 2.24) is 24.8 Å². The Hall–Kier alpha value is -3.35. The van der Waals surface area contributed by atoms with Gasteiger partial charge in [-0.05, 0) is 43.0 Å². The van der Waals surface area contributed by atoms with Crippen LogP contribution >= 0.6 is 0 Å². The lowest BCUT2D eigenvalue weighted by molar-refractivity contribution is 0.0609. The summed E-state index contributed by atoms with van der Waals surface area (Å²) in [7, 11) is 0. The second-order valence-corrected chi connectivity index (χ2v) is 6.51. The summed E-state index contributed by atoms with van der Waals surface area (Å²) < 4.78 is 0. The van der Waals surface area contributed by atoms with E-state index in [1.807, 2.05) is 12.1 Å². The monoisotopic (exact) mass is 361 g/mol. The minimum atomic E-state index is -0.440. The molecule has 7 heteroatoms. The lowest BCUT2D eigenvalue weighted by Crippen LogP contribution is -2.40. The fourth-order valence-corrected chi connectivity index (χ4v) is 3.45. The molecule has 3 aromatic heterocycles. The van der Waals surface area contributed by atoms with Gasteiger partial charge >= 0.3 is 0 Å². The second kappa shape index (κ2) is 7.49. The zero-order valence-corrected chi connectivity index (χ0v) is 14.7. The molecule has 1 amide bonds. The van der Waals surface area contributed by atoms with Crippen molar-refractivity contribution in [1.29, 1.82) is 0 Å². The van der Waals surface area contributed by atoms with Crippen molar-refractivity contribution in [3.05, 3.63) is 76.7 Å². The number of H-pyrrole nitrogens is 1. The lowest BCUT2D eigenvalue weighted by Gasteiger charge is -2.35. The molecule has 7 nitrogen and oxygen atoms in total. The topological polar surface area (TPSA) is 91.8 Å². The van der Waals surface area contributed by atoms with Gasteiger partial charge in [0.15, 0.2) is 0 Å². The highest BCUT2D eigenvalue weighted by molar-refractivity contribution is 5.94. The van der Waals surface area contributed by atoms with Crippen molar-refractivity contribution in [2.24, 2.45) is 0 Å². The first kappa shape index (κ1) is 17.1.